The Labute approximate surface area is 155 Å². The average Bonchev–Trinajstić information content (AvgIpc) is 3.06. The number of hydrogen-bond acceptors (Lipinski definition) is 6. The van der Waals surface area contributed by atoms with Crippen LogP contribution in [0.4, 0.5) is 0 Å². The minimum absolute atomic E-state index is 0.109. The van der Waals surface area contributed by atoms with Gasteiger partial charge in [-0.1, -0.05) is 24.6 Å². The van der Waals surface area contributed by atoms with Gasteiger partial charge in [0.05, 0.1) is 34.2 Å². The molecule has 3 rings (SSSR count). The Bertz CT molecular complexity index is 851. The molecular weight excluding hydrogens is 354 g/mol. The number of fused-ring (bicyclic) bond motifs is 1. The van der Waals surface area contributed by atoms with E-state index in [1.54, 1.807) is 6.07 Å². The highest BCUT2D eigenvalue weighted by Gasteiger charge is 2.56. The monoisotopic (exact) mass is 369 g/mol. The van der Waals surface area contributed by atoms with E-state index in [0.29, 0.717) is 23.0 Å². The van der Waals surface area contributed by atoms with Crippen LogP contribution in [-0.4, -0.2) is 30.2 Å². The molecule has 5 nitrogen and oxygen atoms in total. The van der Waals surface area contributed by atoms with Crippen molar-refractivity contribution in [3.63, 3.8) is 0 Å². The number of halogens is 1. The minimum Gasteiger partial charge on any atom is -0.305 e. The summed E-state index contributed by atoms with van der Waals surface area (Å²) in [6.45, 7) is 4.22. The van der Waals surface area contributed by atoms with Crippen molar-refractivity contribution in [1.29, 1.82) is 21.2 Å². The van der Waals surface area contributed by atoms with Gasteiger partial charge in [-0.25, -0.2) is 0 Å². The van der Waals surface area contributed by atoms with Crippen molar-refractivity contribution < 1.29 is 0 Å². The van der Waals surface area contributed by atoms with Gasteiger partial charge in [0, 0.05) is 29.8 Å². The first kappa shape index (κ1) is 17.6. The zero-order valence-corrected chi connectivity index (χ0v) is 15.2. The van der Waals surface area contributed by atoms with Gasteiger partial charge in [-0.2, -0.15) is 15.8 Å². The highest BCUT2D eigenvalue weighted by atomic mass is 35.5. The van der Waals surface area contributed by atoms with Crippen molar-refractivity contribution in [2.24, 2.45) is 17.3 Å². The maximum atomic E-state index is 9.77. The molecule has 1 aliphatic heterocycles. The first-order valence-corrected chi connectivity index (χ1v) is 9.21. The fourth-order valence-corrected chi connectivity index (χ4v) is 5.18. The number of nitriles is 3. The van der Waals surface area contributed by atoms with Gasteiger partial charge in [-0.05, 0) is 24.3 Å². The summed E-state index contributed by atoms with van der Waals surface area (Å²) in [5.41, 5.74) is -1.07. The van der Waals surface area contributed by atoms with E-state index in [4.69, 9.17) is 17.0 Å². The van der Waals surface area contributed by atoms with Gasteiger partial charge in [0.2, 0.25) is 5.41 Å². The third kappa shape index (κ3) is 2.57. The summed E-state index contributed by atoms with van der Waals surface area (Å²) in [5, 5.41) is 37.8. The van der Waals surface area contributed by atoms with Crippen molar-refractivity contribution in [2.75, 3.05) is 19.6 Å². The molecule has 0 amide bonds. The van der Waals surface area contributed by atoms with Crippen molar-refractivity contribution >= 4 is 28.6 Å². The van der Waals surface area contributed by atoms with E-state index >= 15 is 0 Å². The first-order chi connectivity index (χ1) is 12.0. The fraction of sp³-hybridized carbons (Fsp3) is 0.444. The standard InChI is InChI=1S/C18H16ClN5S/c1-2-24-6-5-13-12(8-24)16(14-3-4-15(19)25-14)11(7-20)17(23)18(13,9-21)10-22/h3-5,11-12,16,23H,2,6,8H2,1H3/t11-,12-,16-/m1/s1. The topological polar surface area (TPSA) is 98.5 Å². The van der Waals surface area contributed by atoms with Crippen LogP contribution < -0.4 is 0 Å². The van der Waals surface area contributed by atoms with Gasteiger partial charge in [-0.3, -0.25) is 4.90 Å². The van der Waals surface area contributed by atoms with Gasteiger partial charge in [0.1, 0.15) is 0 Å². The van der Waals surface area contributed by atoms with Gasteiger partial charge < -0.3 is 5.41 Å². The van der Waals surface area contributed by atoms with E-state index in [1.807, 2.05) is 24.3 Å². The summed E-state index contributed by atoms with van der Waals surface area (Å²) >= 11 is 7.50. The van der Waals surface area contributed by atoms with Crippen LogP contribution in [0.15, 0.2) is 23.8 Å². The molecule has 0 radical (unpaired) electrons. The highest BCUT2D eigenvalue weighted by molar-refractivity contribution is 7.16. The molecule has 1 fully saturated rings. The predicted molar refractivity (Wildman–Crippen MR) is 96.2 cm³/mol. The van der Waals surface area contributed by atoms with Crippen LogP contribution in [-0.2, 0) is 0 Å². The van der Waals surface area contributed by atoms with E-state index in [1.165, 1.54) is 11.3 Å². The number of rotatable bonds is 2. The van der Waals surface area contributed by atoms with Crippen LogP contribution in [0.5, 0.6) is 0 Å². The molecule has 1 N–H and O–H groups in total. The van der Waals surface area contributed by atoms with Crippen molar-refractivity contribution in [3.05, 3.63) is 33.0 Å². The molecule has 0 bridgehead atoms. The molecule has 0 saturated heterocycles. The van der Waals surface area contributed by atoms with Crippen LogP contribution in [0.1, 0.15) is 17.7 Å². The lowest BCUT2D eigenvalue weighted by Gasteiger charge is -2.46. The Kier molecular flexibility index (Phi) is 4.67. The summed E-state index contributed by atoms with van der Waals surface area (Å²) in [5.74, 6) is -1.22. The molecule has 0 aromatic carbocycles. The van der Waals surface area contributed by atoms with Gasteiger partial charge >= 0.3 is 0 Å². The Morgan fingerprint density at radius 3 is 2.60 bits per heavy atom. The predicted octanol–water partition coefficient (Wildman–Crippen LogP) is 3.57. The van der Waals surface area contributed by atoms with Crippen molar-refractivity contribution in [1.82, 2.24) is 4.90 Å². The summed E-state index contributed by atoms with van der Waals surface area (Å²) in [7, 11) is 0. The maximum absolute atomic E-state index is 9.77. The quantitative estimate of drug-likeness (QED) is 0.805. The fourth-order valence-electron chi connectivity index (χ4n) is 3.92. The molecule has 1 aliphatic carbocycles. The van der Waals surface area contributed by atoms with Gasteiger partial charge in [0.25, 0.3) is 0 Å². The van der Waals surface area contributed by atoms with Gasteiger partial charge in [-0.15, -0.1) is 11.3 Å². The number of hydrogen-bond donors (Lipinski definition) is 1. The van der Waals surface area contributed by atoms with E-state index in [0.717, 1.165) is 11.4 Å². The Morgan fingerprint density at radius 1 is 1.36 bits per heavy atom. The molecule has 3 atom stereocenters. The molecule has 1 aromatic heterocycles. The Balaban J connectivity index is 2.21. The Hall–Kier alpha value is -2.17. The van der Waals surface area contributed by atoms with E-state index in [-0.39, 0.29) is 17.5 Å². The van der Waals surface area contributed by atoms with E-state index in [2.05, 4.69) is 17.9 Å². The van der Waals surface area contributed by atoms with Crippen LogP contribution >= 0.6 is 22.9 Å². The number of nitrogens with zero attached hydrogens (tertiary/aromatic N) is 4. The molecule has 126 valence electrons. The minimum atomic E-state index is -1.64. The average molecular weight is 370 g/mol. The molecule has 25 heavy (non-hydrogen) atoms. The summed E-state index contributed by atoms with van der Waals surface area (Å²) in [6, 6.07) is 9.96. The SMILES string of the molecule is CCN1CC=C2[C@@H](C1)[C@H](c1ccc(Cl)s1)[C@@H](C#N)C(=N)C2(C#N)C#N. The number of likely N-dealkylation sites (N-methyl/N-ethyl adjacent to an activating group) is 1. The zero-order valence-electron chi connectivity index (χ0n) is 13.7. The molecule has 2 heterocycles. The second-order valence-corrected chi connectivity index (χ2v) is 8.03. The van der Waals surface area contributed by atoms with Crippen LogP contribution in [0.2, 0.25) is 4.34 Å². The second-order valence-electron chi connectivity index (χ2n) is 6.28. The molecule has 1 aromatic rings. The van der Waals surface area contributed by atoms with E-state index in [9.17, 15) is 15.8 Å². The summed E-state index contributed by atoms with van der Waals surface area (Å²) < 4.78 is 0.629. The lowest BCUT2D eigenvalue weighted by Crippen LogP contribution is -2.52. The zero-order chi connectivity index (χ0) is 18.2. The molecule has 2 aliphatic rings. The first-order valence-electron chi connectivity index (χ1n) is 8.01. The molecule has 0 spiro atoms. The summed E-state index contributed by atoms with van der Waals surface area (Å²) in [4.78, 5) is 3.15. The molecule has 7 heteroatoms. The lowest BCUT2D eigenvalue weighted by molar-refractivity contribution is 0.219. The maximum Gasteiger partial charge on any atom is 0.203 e. The lowest BCUT2D eigenvalue weighted by atomic mass is 9.56. The van der Waals surface area contributed by atoms with Crippen molar-refractivity contribution in [3.8, 4) is 18.2 Å². The number of thiophene rings is 1. The van der Waals surface area contributed by atoms with Crippen LogP contribution in [0.25, 0.3) is 0 Å². The van der Waals surface area contributed by atoms with E-state index < -0.39 is 11.3 Å². The van der Waals surface area contributed by atoms with Gasteiger partial charge in [0.15, 0.2) is 0 Å². The Morgan fingerprint density at radius 2 is 2.08 bits per heavy atom. The molecule has 0 unspecified atom stereocenters. The third-order valence-corrected chi connectivity index (χ3v) is 6.54. The highest BCUT2D eigenvalue weighted by Crippen LogP contribution is 2.53. The second kappa shape index (κ2) is 6.62. The summed E-state index contributed by atoms with van der Waals surface area (Å²) in [6.07, 6.45) is 1.91. The number of nitrogens with one attached hydrogen (secondary N) is 1. The van der Waals surface area contributed by atoms with Crippen molar-refractivity contribution in [2.45, 2.75) is 12.8 Å². The third-order valence-electron chi connectivity index (χ3n) is 5.21. The molecular formula is C18H16ClN5S. The van der Waals surface area contributed by atoms with Crippen LogP contribution in [0.3, 0.4) is 0 Å². The normalized spacial score (nSPS) is 28.2. The largest absolute Gasteiger partial charge is 0.305 e. The van der Waals surface area contributed by atoms with Crippen LogP contribution in [0, 0.1) is 56.7 Å². The molecule has 1 saturated carbocycles. The smallest absolute Gasteiger partial charge is 0.203 e.